The molecule has 0 bridgehead atoms. The van der Waals surface area contributed by atoms with E-state index >= 15 is 0 Å². The van der Waals surface area contributed by atoms with Crippen LogP contribution in [0.1, 0.15) is 43.9 Å². The third-order valence-electron chi connectivity index (χ3n) is 3.21. The highest BCUT2D eigenvalue weighted by Gasteiger charge is 2.27. The summed E-state index contributed by atoms with van der Waals surface area (Å²) in [7, 11) is 0. The van der Waals surface area contributed by atoms with Gasteiger partial charge in [0.1, 0.15) is 0 Å². The molecule has 1 amide bonds. The van der Waals surface area contributed by atoms with Crippen LogP contribution in [0.3, 0.4) is 0 Å². The zero-order valence-electron chi connectivity index (χ0n) is 11.9. The number of aryl methyl sites for hydroxylation is 1. The highest BCUT2D eigenvalue weighted by atomic mass is 16.3. The predicted molar refractivity (Wildman–Crippen MR) is 76.6 cm³/mol. The van der Waals surface area contributed by atoms with Crippen LogP contribution in [0.25, 0.3) is 0 Å². The van der Waals surface area contributed by atoms with Crippen molar-refractivity contribution in [2.75, 3.05) is 6.54 Å². The molecule has 1 aromatic rings. The second-order valence-corrected chi connectivity index (χ2v) is 5.30. The molecule has 0 aliphatic heterocycles. The summed E-state index contributed by atoms with van der Waals surface area (Å²) in [6.07, 6.45) is 0.766. The Morgan fingerprint density at radius 3 is 2.53 bits per heavy atom. The van der Waals surface area contributed by atoms with Crippen LogP contribution in [0.5, 0.6) is 0 Å². The van der Waals surface area contributed by atoms with E-state index in [0.29, 0.717) is 6.42 Å². The highest BCUT2D eigenvalue weighted by Crippen LogP contribution is 2.14. The molecule has 0 saturated heterocycles. The normalized spacial score (nSPS) is 15.6. The van der Waals surface area contributed by atoms with Crippen LogP contribution in [0, 0.1) is 6.92 Å². The van der Waals surface area contributed by atoms with Crippen molar-refractivity contribution in [3.05, 3.63) is 35.4 Å². The van der Waals surface area contributed by atoms with E-state index in [1.807, 2.05) is 38.1 Å². The van der Waals surface area contributed by atoms with E-state index in [1.165, 1.54) is 0 Å². The lowest BCUT2D eigenvalue weighted by Gasteiger charge is -2.23. The molecule has 1 rings (SSSR count). The molecule has 0 heterocycles. The molecule has 0 aromatic heterocycles. The highest BCUT2D eigenvalue weighted by molar-refractivity contribution is 5.85. The van der Waals surface area contributed by atoms with Crippen molar-refractivity contribution in [2.45, 2.75) is 45.3 Å². The standard InChI is InChI=1S/C15H24N2O2/c1-4-9-15(3,16)14(19)17-10-13(18)12-7-5-11(2)6-8-12/h5-8,13,18H,4,9-10,16H2,1-3H3,(H,17,19). The minimum absolute atomic E-state index is 0.179. The zero-order valence-corrected chi connectivity index (χ0v) is 11.9. The average Bonchev–Trinajstić information content (AvgIpc) is 2.36. The van der Waals surface area contributed by atoms with E-state index in [-0.39, 0.29) is 12.5 Å². The molecule has 0 aliphatic rings. The number of benzene rings is 1. The molecule has 4 N–H and O–H groups in total. The smallest absolute Gasteiger partial charge is 0.239 e. The lowest BCUT2D eigenvalue weighted by Crippen LogP contribution is -2.52. The summed E-state index contributed by atoms with van der Waals surface area (Å²) < 4.78 is 0. The Kier molecular flexibility index (Phi) is 5.51. The summed E-state index contributed by atoms with van der Waals surface area (Å²) in [6.45, 7) is 5.87. The SMILES string of the molecule is CCCC(C)(N)C(=O)NCC(O)c1ccc(C)cc1. The van der Waals surface area contributed by atoms with E-state index in [4.69, 9.17) is 5.73 Å². The van der Waals surface area contributed by atoms with Gasteiger partial charge in [0.25, 0.3) is 0 Å². The first-order chi connectivity index (χ1) is 8.86. The fraction of sp³-hybridized carbons (Fsp3) is 0.533. The quantitative estimate of drug-likeness (QED) is 0.731. The van der Waals surface area contributed by atoms with E-state index in [9.17, 15) is 9.90 Å². The number of amides is 1. The number of nitrogens with one attached hydrogen (secondary N) is 1. The first-order valence-electron chi connectivity index (χ1n) is 6.68. The van der Waals surface area contributed by atoms with Crippen LogP contribution >= 0.6 is 0 Å². The molecule has 0 fully saturated rings. The predicted octanol–water partition coefficient (Wildman–Crippen LogP) is 1.66. The lowest BCUT2D eigenvalue weighted by molar-refractivity contribution is -0.126. The van der Waals surface area contributed by atoms with Crippen molar-refractivity contribution in [3.8, 4) is 0 Å². The molecule has 2 unspecified atom stereocenters. The second-order valence-electron chi connectivity index (χ2n) is 5.30. The van der Waals surface area contributed by atoms with Crippen molar-refractivity contribution in [3.63, 3.8) is 0 Å². The number of aliphatic hydroxyl groups is 1. The van der Waals surface area contributed by atoms with Gasteiger partial charge >= 0.3 is 0 Å². The molecule has 0 saturated carbocycles. The maximum Gasteiger partial charge on any atom is 0.239 e. The van der Waals surface area contributed by atoms with Gasteiger partial charge in [-0.1, -0.05) is 43.2 Å². The average molecular weight is 264 g/mol. The summed E-state index contributed by atoms with van der Waals surface area (Å²) in [5, 5.41) is 12.7. The van der Waals surface area contributed by atoms with Gasteiger partial charge in [0, 0.05) is 6.54 Å². The summed E-state index contributed by atoms with van der Waals surface area (Å²) in [4.78, 5) is 11.9. The fourth-order valence-electron chi connectivity index (χ4n) is 1.93. The van der Waals surface area contributed by atoms with Crippen LogP contribution in [0.2, 0.25) is 0 Å². The Labute approximate surface area is 115 Å². The molecule has 0 radical (unpaired) electrons. The van der Waals surface area contributed by atoms with Crippen molar-refractivity contribution >= 4 is 5.91 Å². The number of hydrogen-bond donors (Lipinski definition) is 3. The van der Waals surface area contributed by atoms with Crippen LogP contribution in [-0.2, 0) is 4.79 Å². The Morgan fingerprint density at radius 2 is 2.00 bits per heavy atom. The molecule has 0 aliphatic carbocycles. The molecule has 1 aromatic carbocycles. The van der Waals surface area contributed by atoms with Crippen LogP contribution in [0.15, 0.2) is 24.3 Å². The summed E-state index contributed by atoms with van der Waals surface area (Å²) >= 11 is 0. The number of carbonyl (C=O) groups excluding carboxylic acids is 1. The number of hydrogen-bond acceptors (Lipinski definition) is 3. The zero-order chi connectivity index (χ0) is 14.5. The summed E-state index contributed by atoms with van der Waals surface area (Å²) in [5.41, 5.74) is 6.98. The molecule has 4 nitrogen and oxygen atoms in total. The van der Waals surface area contributed by atoms with Crippen molar-refractivity contribution < 1.29 is 9.90 Å². The third kappa shape index (κ3) is 4.65. The van der Waals surface area contributed by atoms with Crippen LogP contribution in [-0.4, -0.2) is 23.1 Å². The van der Waals surface area contributed by atoms with E-state index < -0.39 is 11.6 Å². The molecule has 106 valence electrons. The number of rotatable bonds is 6. The summed E-state index contributed by atoms with van der Waals surface area (Å²) in [6, 6.07) is 7.59. The number of aliphatic hydroxyl groups excluding tert-OH is 1. The van der Waals surface area contributed by atoms with Gasteiger partial charge in [-0.3, -0.25) is 4.79 Å². The van der Waals surface area contributed by atoms with Crippen molar-refractivity contribution in [1.82, 2.24) is 5.32 Å². The van der Waals surface area contributed by atoms with E-state index in [0.717, 1.165) is 17.5 Å². The Balaban J connectivity index is 2.52. The Bertz CT molecular complexity index is 413. The van der Waals surface area contributed by atoms with Crippen LogP contribution in [0.4, 0.5) is 0 Å². The van der Waals surface area contributed by atoms with Gasteiger partial charge < -0.3 is 16.2 Å². The first kappa shape index (κ1) is 15.7. The van der Waals surface area contributed by atoms with Crippen molar-refractivity contribution in [1.29, 1.82) is 0 Å². The second kappa shape index (κ2) is 6.68. The minimum Gasteiger partial charge on any atom is -0.387 e. The minimum atomic E-state index is -0.873. The van der Waals surface area contributed by atoms with Gasteiger partial charge in [0.15, 0.2) is 0 Å². The maximum atomic E-state index is 11.9. The van der Waals surface area contributed by atoms with Gasteiger partial charge in [-0.15, -0.1) is 0 Å². The molecule has 0 spiro atoms. The Hall–Kier alpha value is -1.39. The molecule has 4 heteroatoms. The van der Waals surface area contributed by atoms with Crippen LogP contribution < -0.4 is 11.1 Å². The first-order valence-corrected chi connectivity index (χ1v) is 6.68. The number of carbonyl (C=O) groups is 1. The monoisotopic (exact) mass is 264 g/mol. The van der Waals surface area contributed by atoms with Gasteiger partial charge in [-0.2, -0.15) is 0 Å². The fourth-order valence-corrected chi connectivity index (χ4v) is 1.93. The van der Waals surface area contributed by atoms with Gasteiger partial charge in [-0.25, -0.2) is 0 Å². The third-order valence-corrected chi connectivity index (χ3v) is 3.21. The van der Waals surface area contributed by atoms with Gasteiger partial charge in [-0.05, 0) is 25.8 Å². The molecule has 2 atom stereocenters. The van der Waals surface area contributed by atoms with Gasteiger partial charge in [0.05, 0.1) is 11.6 Å². The molecular formula is C15H24N2O2. The van der Waals surface area contributed by atoms with Gasteiger partial charge in [0.2, 0.25) is 5.91 Å². The van der Waals surface area contributed by atoms with E-state index in [1.54, 1.807) is 6.92 Å². The maximum absolute atomic E-state index is 11.9. The molecular weight excluding hydrogens is 240 g/mol. The lowest BCUT2D eigenvalue weighted by atomic mass is 9.96. The largest absolute Gasteiger partial charge is 0.387 e. The summed E-state index contributed by atoms with van der Waals surface area (Å²) in [5.74, 6) is -0.222. The topological polar surface area (TPSA) is 75.4 Å². The number of nitrogens with two attached hydrogens (primary N) is 1. The van der Waals surface area contributed by atoms with E-state index in [2.05, 4.69) is 5.32 Å². The molecule has 19 heavy (non-hydrogen) atoms. The Morgan fingerprint density at radius 1 is 1.42 bits per heavy atom. The van der Waals surface area contributed by atoms with Crippen molar-refractivity contribution in [2.24, 2.45) is 5.73 Å².